The standard InChI is InChI=1S/C24H33N8O11P/c1-39-19-18(35)14(42-22(19)31-7-4-15(34)27-24(31)37)10-40-44(38,30-5-2-3-6-30)43-12-8-16(41-13(12)9-33)32-11-26-17-20(32)28-23(25)29-21(17)36/h4,7,11-14,16,18-19,22,33,35H,2-3,5-6,8-10H2,1H3,(H,27,34,37)(H3,25,28,29,36)/t12?,13-,14-,16-,18?,19+,22-,44?/m1/s1. The number of methoxy groups -OCH3 is 1. The van der Waals surface area contributed by atoms with Gasteiger partial charge in [-0.2, -0.15) is 4.98 Å². The summed E-state index contributed by atoms with van der Waals surface area (Å²) in [6.07, 6.45) is -2.95. The summed E-state index contributed by atoms with van der Waals surface area (Å²) in [4.78, 5) is 48.9. The highest BCUT2D eigenvalue weighted by molar-refractivity contribution is 7.51. The number of anilines is 1. The molecule has 0 spiro atoms. The number of nitrogens with one attached hydrogen (secondary N) is 2. The number of nitrogens with zero attached hydrogens (tertiary/aromatic N) is 5. The van der Waals surface area contributed by atoms with Crippen molar-refractivity contribution in [2.75, 3.05) is 39.1 Å². The number of imidazole rings is 1. The zero-order valence-corrected chi connectivity index (χ0v) is 24.4. The van der Waals surface area contributed by atoms with E-state index in [-0.39, 0.29) is 23.5 Å². The average molecular weight is 641 g/mol. The van der Waals surface area contributed by atoms with Crippen LogP contribution in [0.3, 0.4) is 0 Å². The van der Waals surface area contributed by atoms with E-state index in [4.69, 9.17) is 29.0 Å². The van der Waals surface area contributed by atoms with Crippen molar-refractivity contribution in [3.05, 3.63) is 49.8 Å². The predicted molar refractivity (Wildman–Crippen MR) is 149 cm³/mol. The van der Waals surface area contributed by atoms with Gasteiger partial charge in [-0.05, 0) is 12.8 Å². The van der Waals surface area contributed by atoms with Gasteiger partial charge in [0.05, 0.1) is 19.5 Å². The van der Waals surface area contributed by atoms with E-state index in [2.05, 4.69) is 19.9 Å². The Balaban J connectivity index is 1.21. The minimum absolute atomic E-state index is 0.0469. The van der Waals surface area contributed by atoms with Crippen molar-refractivity contribution in [3.63, 3.8) is 0 Å². The van der Waals surface area contributed by atoms with Crippen molar-refractivity contribution in [2.24, 2.45) is 0 Å². The molecule has 19 nitrogen and oxygen atoms in total. The lowest BCUT2D eigenvalue weighted by atomic mass is 10.1. The first-order valence-electron chi connectivity index (χ1n) is 14.0. The van der Waals surface area contributed by atoms with Crippen LogP contribution in [0, 0.1) is 0 Å². The molecule has 6 N–H and O–H groups in total. The van der Waals surface area contributed by atoms with E-state index in [1.54, 1.807) is 4.67 Å². The zero-order valence-electron chi connectivity index (χ0n) is 23.6. The van der Waals surface area contributed by atoms with Crippen LogP contribution >= 0.6 is 7.75 Å². The molecule has 44 heavy (non-hydrogen) atoms. The molecular weight excluding hydrogens is 607 g/mol. The Bertz CT molecular complexity index is 1720. The maximum atomic E-state index is 14.4. The van der Waals surface area contributed by atoms with E-state index in [0.29, 0.717) is 13.1 Å². The Morgan fingerprint density at radius 2 is 1.93 bits per heavy atom. The number of nitrogens with two attached hydrogens (primary N) is 1. The second kappa shape index (κ2) is 12.3. The molecule has 3 aromatic heterocycles. The van der Waals surface area contributed by atoms with Gasteiger partial charge in [-0.3, -0.25) is 37.7 Å². The highest BCUT2D eigenvalue weighted by atomic mass is 31.2. The van der Waals surface area contributed by atoms with E-state index in [1.807, 2.05) is 0 Å². The first kappa shape index (κ1) is 30.8. The van der Waals surface area contributed by atoms with Crippen molar-refractivity contribution >= 4 is 24.9 Å². The summed E-state index contributed by atoms with van der Waals surface area (Å²) in [7, 11) is -2.74. The fourth-order valence-electron chi connectivity index (χ4n) is 5.73. The zero-order chi connectivity index (χ0) is 31.2. The molecule has 0 aliphatic carbocycles. The summed E-state index contributed by atoms with van der Waals surface area (Å²) in [5.41, 5.74) is 4.04. The minimum Gasteiger partial charge on any atom is -0.394 e. The van der Waals surface area contributed by atoms with Crippen molar-refractivity contribution in [2.45, 2.75) is 62.2 Å². The monoisotopic (exact) mass is 640 g/mol. The molecular formula is C24H33N8O11P. The lowest BCUT2D eigenvalue weighted by Gasteiger charge is -2.30. The number of aliphatic hydroxyl groups excluding tert-OH is 2. The predicted octanol–water partition coefficient (Wildman–Crippen LogP) is -1.59. The number of ether oxygens (including phenoxy) is 3. The quantitative estimate of drug-likeness (QED) is 0.157. The minimum atomic E-state index is -4.07. The topological polar surface area (TPSA) is 251 Å². The summed E-state index contributed by atoms with van der Waals surface area (Å²) in [6.45, 7) is -0.0391. The highest BCUT2D eigenvalue weighted by Gasteiger charge is 2.49. The van der Waals surface area contributed by atoms with Crippen LogP contribution in [0.4, 0.5) is 5.95 Å². The van der Waals surface area contributed by atoms with Crippen molar-refractivity contribution in [1.82, 2.24) is 33.7 Å². The molecule has 0 saturated carbocycles. The van der Waals surface area contributed by atoms with Crippen LogP contribution in [0.1, 0.15) is 31.7 Å². The molecule has 0 aromatic carbocycles. The van der Waals surface area contributed by atoms with Gasteiger partial charge < -0.3 is 30.2 Å². The fourth-order valence-corrected chi connectivity index (χ4v) is 7.75. The molecule has 240 valence electrons. The van der Waals surface area contributed by atoms with Gasteiger partial charge in [0, 0.05) is 38.9 Å². The normalized spacial score (nSPS) is 30.8. The summed E-state index contributed by atoms with van der Waals surface area (Å²) in [6, 6.07) is 1.13. The second-order valence-electron chi connectivity index (χ2n) is 10.7. The van der Waals surface area contributed by atoms with Crippen LogP contribution in [-0.2, 0) is 27.8 Å². The van der Waals surface area contributed by atoms with E-state index in [0.717, 1.165) is 23.5 Å². The third-order valence-corrected chi connectivity index (χ3v) is 10.0. The second-order valence-corrected chi connectivity index (χ2v) is 12.6. The van der Waals surface area contributed by atoms with Crippen LogP contribution in [0.15, 0.2) is 33.0 Å². The molecule has 3 aliphatic heterocycles. The number of hydrogen-bond donors (Lipinski definition) is 5. The summed E-state index contributed by atoms with van der Waals surface area (Å²) in [5.74, 6) is -0.111. The SMILES string of the molecule is CO[C@H]1C(O)[C@@H](COP(=O)(OC2C[C@H](n3cnc4c(=O)[nH]c(N)nc43)O[C@@H]2CO)N2CCCC2)O[C@H]1n1ccc(=O)[nH]c1=O. The van der Waals surface area contributed by atoms with E-state index in [9.17, 15) is 29.2 Å². The van der Waals surface area contributed by atoms with Crippen molar-refractivity contribution in [1.29, 1.82) is 0 Å². The van der Waals surface area contributed by atoms with Gasteiger partial charge >= 0.3 is 13.4 Å². The Morgan fingerprint density at radius 1 is 1.16 bits per heavy atom. The average Bonchev–Trinajstić information content (AvgIpc) is 3.78. The molecule has 3 aromatic rings. The molecule has 0 amide bonds. The molecule has 8 atom stereocenters. The van der Waals surface area contributed by atoms with Gasteiger partial charge in [0.25, 0.3) is 11.1 Å². The number of nitrogen functional groups attached to an aromatic ring is 1. The molecule has 6 heterocycles. The number of aromatic nitrogens is 6. The lowest BCUT2D eigenvalue weighted by Crippen LogP contribution is -2.39. The summed E-state index contributed by atoms with van der Waals surface area (Å²) < 4.78 is 47.8. The van der Waals surface area contributed by atoms with E-state index >= 15 is 0 Å². The Kier molecular flexibility index (Phi) is 8.57. The third kappa shape index (κ3) is 5.66. The molecule has 0 radical (unpaired) electrons. The Morgan fingerprint density at radius 3 is 2.64 bits per heavy atom. The first-order chi connectivity index (χ1) is 21.1. The number of aliphatic hydroxyl groups is 2. The van der Waals surface area contributed by atoms with Gasteiger partial charge in [0.15, 0.2) is 17.4 Å². The molecule has 0 bridgehead atoms. The molecule has 6 rings (SSSR count). The van der Waals surface area contributed by atoms with Crippen LogP contribution in [-0.4, -0.2) is 108 Å². The van der Waals surface area contributed by atoms with Crippen LogP contribution < -0.4 is 22.5 Å². The fraction of sp³-hybridized carbons (Fsp3) is 0.625. The third-order valence-electron chi connectivity index (χ3n) is 7.93. The van der Waals surface area contributed by atoms with Crippen LogP contribution in [0.25, 0.3) is 11.2 Å². The van der Waals surface area contributed by atoms with E-state index in [1.165, 1.54) is 24.2 Å². The number of fused-ring (bicyclic) bond motifs is 1. The van der Waals surface area contributed by atoms with Crippen molar-refractivity contribution in [3.8, 4) is 0 Å². The van der Waals surface area contributed by atoms with Crippen LogP contribution in [0.2, 0.25) is 0 Å². The van der Waals surface area contributed by atoms with Gasteiger partial charge in [-0.15, -0.1) is 0 Å². The smallest absolute Gasteiger partial charge is 0.394 e. The molecule has 20 heteroatoms. The van der Waals surface area contributed by atoms with E-state index < -0.39 is 80.7 Å². The summed E-state index contributed by atoms with van der Waals surface area (Å²) in [5, 5.41) is 21.1. The van der Waals surface area contributed by atoms with Gasteiger partial charge in [0.1, 0.15) is 36.7 Å². The van der Waals surface area contributed by atoms with Gasteiger partial charge in [-0.1, -0.05) is 0 Å². The number of aromatic amines is 2. The lowest BCUT2D eigenvalue weighted by molar-refractivity contribution is -0.0646. The number of rotatable bonds is 10. The molecule has 3 fully saturated rings. The maximum absolute atomic E-state index is 14.4. The maximum Gasteiger partial charge on any atom is 0.408 e. The number of hydrogen-bond acceptors (Lipinski definition) is 14. The Labute approximate surface area is 248 Å². The summed E-state index contributed by atoms with van der Waals surface area (Å²) >= 11 is 0. The van der Waals surface area contributed by atoms with Gasteiger partial charge in [-0.25, -0.2) is 19.0 Å². The Hall–Kier alpha value is -3.26. The largest absolute Gasteiger partial charge is 0.408 e. The molecule has 3 unspecified atom stereocenters. The number of H-pyrrole nitrogens is 2. The molecule has 3 saturated heterocycles. The van der Waals surface area contributed by atoms with Crippen LogP contribution in [0.5, 0.6) is 0 Å². The van der Waals surface area contributed by atoms with Crippen molar-refractivity contribution < 1.29 is 38.0 Å². The first-order valence-corrected chi connectivity index (χ1v) is 15.5. The van der Waals surface area contributed by atoms with Gasteiger partial charge in [0.2, 0.25) is 5.95 Å². The highest BCUT2D eigenvalue weighted by Crippen LogP contribution is 2.57. The molecule has 3 aliphatic rings.